The van der Waals surface area contributed by atoms with Crippen molar-refractivity contribution in [3.63, 3.8) is 0 Å². The van der Waals surface area contributed by atoms with E-state index in [1.165, 1.54) is 55.5 Å². The first-order chi connectivity index (χ1) is 18.8. The van der Waals surface area contributed by atoms with Crippen molar-refractivity contribution in [1.82, 2.24) is 15.5 Å². The summed E-state index contributed by atoms with van der Waals surface area (Å²) >= 11 is 1.74. The maximum atomic E-state index is 13.0. The Morgan fingerprint density at radius 2 is 1.51 bits per heavy atom. The number of thioether (sulfide) groups is 1. The van der Waals surface area contributed by atoms with Crippen LogP contribution in [0.5, 0.6) is 0 Å². The second kappa shape index (κ2) is 20.4. The molecule has 0 aromatic heterocycles. The molecule has 1 atom stereocenters. The molecule has 2 aliphatic rings. The van der Waals surface area contributed by atoms with E-state index in [-0.39, 0.29) is 17.9 Å². The minimum absolute atomic E-state index is 0.00814. The molecule has 2 rings (SSSR count). The Morgan fingerprint density at radius 1 is 0.846 bits per heavy atom. The van der Waals surface area contributed by atoms with Gasteiger partial charge in [0.2, 0.25) is 11.8 Å². The lowest BCUT2D eigenvalue weighted by atomic mass is 10.1. The molecule has 0 unspecified atom stereocenters. The molecule has 0 bridgehead atoms. The van der Waals surface area contributed by atoms with Gasteiger partial charge in [0.15, 0.2) is 0 Å². The molecule has 222 valence electrons. The zero-order valence-corrected chi connectivity index (χ0v) is 26.3. The Morgan fingerprint density at radius 3 is 2.21 bits per heavy atom. The molecule has 39 heavy (non-hydrogen) atoms. The fourth-order valence-corrected chi connectivity index (χ4v) is 6.36. The van der Waals surface area contributed by atoms with Gasteiger partial charge in [-0.25, -0.2) is 0 Å². The van der Waals surface area contributed by atoms with Gasteiger partial charge in [-0.15, -0.1) is 0 Å². The number of rotatable bonds is 19. The molecule has 0 spiro atoms. The predicted molar refractivity (Wildman–Crippen MR) is 169 cm³/mol. The van der Waals surface area contributed by atoms with Crippen LogP contribution in [0.25, 0.3) is 0 Å². The summed E-state index contributed by atoms with van der Waals surface area (Å²) in [5.74, 6) is 1.49. The molecular formula is C33H57N3O2S. The highest BCUT2D eigenvalue weighted by Gasteiger charge is 2.24. The van der Waals surface area contributed by atoms with Gasteiger partial charge in [-0.05, 0) is 112 Å². The first-order valence-corrected chi connectivity index (χ1v) is 16.8. The highest BCUT2D eigenvalue weighted by Crippen LogP contribution is 2.18. The standard InChI is InChI=1S/C33H57N3O2S/c1-27(2)14-12-15-28(3)16-13-17-29(4)21-25-39-26-31(33(38)34-30-18-7-8-19-30)35-32(37)20-6-5-9-22-36-23-10-11-24-36/h14,16,21,30-31H,5-13,15,17-20,22-26H2,1-4H3,(H,34,38)(H,35,37)/b28-16+,29-21+/t31-/m0/s1. The average molecular weight is 560 g/mol. The van der Waals surface area contributed by atoms with E-state index in [1.54, 1.807) is 11.8 Å². The molecule has 1 aliphatic heterocycles. The van der Waals surface area contributed by atoms with Crippen LogP contribution in [0.2, 0.25) is 0 Å². The Bertz CT molecular complexity index is 804. The first kappa shape index (κ1) is 33.7. The van der Waals surface area contributed by atoms with Crippen LogP contribution in [-0.2, 0) is 9.59 Å². The smallest absolute Gasteiger partial charge is 0.243 e. The van der Waals surface area contributed by atoms with Crippen LogP contribution in [-0.4, -0.2) is 59.9 Å². The maximum Gasteiger partial charge on any atom is 0.243 e. The fraction of sp³-hybridized carbons (Fsp3) is 0.758. The van der Waals surface area contributed by atoms with Gasteiger partial charge in [-0.3, -0.25) is 9.59 Å². The van der Waals surface area contributed by atoms with E-state index in [0.717, 1.165) is 70.1 Å². The third-order valence-electron chi connectivity index (χ3n) is 7.89. The molecule has 2 amide bonds. The minimum Gasteiger partial charge on any atom is -0.352 e. The maximum absolute atomic E-state index is 13.0. The van der Waals surface area contributed by atoms with Crippen molar-refractivity contribution in [2.45, 2.75) is 130 Å². The third kappa shape index (κ3) is 16.4. The monoisotopic (exact) mass is 559 g/mol. The van der Waals surface area contributed by atoms with Crippen molar-refractivity contribution in [1.29, 1.82) is 0 Å². The van der Waals surface area contributed by atoms with Crippen molar-refractivity contribution >= 4 is 23.6 Å². The van der Waals surface area contributed by atoms with Gasteiger partial charge in [-0.2, -0.15) is 11.8 Å². The van der Waals surface area contributed by atoms with Gasteiger partial charge in [0, 0.05) is 24.0 Å². The first-order valence-electron chi connectivity index (χ1n) is 15.7. The highest BCUT2D eigenvalue weighted by molar-refractivity contribution is 7.99. The van der Waals surface area contributed by atoms with Gasteiger partial charge < -0.3 is 15.5 Å². The molecule has 1 aliphatic carbocycles. The summed E-state index contributed by atoms with van der Waals surface area (Å²) in [6, 6.07) is -0.180. The van der Waals surface area contributed by atoms with Crippen LogP contribution in [0, 0.1) is 0 Å². The lowest BCUT2D eigenvalue weighted by Gasteiger charge is -2.21. The number of nitrogens with zero attached hydrogens (tertiary/aromatic N) is 1. The summed E-state index contributed by atoms with van der Waals surface area (Å²) in [6.07, 6.45) is 22.1. The van der Waals surface area contributed by atoms with Crippen LogP contribution in [0.15, 0.2) is 34.9 Å². The van der Waals surface area contributed by atoms with E-state index in [4.69, 9.17) is 0 Å². The molecule has 2 fully saturated rings. The normalized spacial score (nSPS) is 17.8. The minimum atomic E-state index is -0.451. The number of likely N-dealkylation sites (tertiary alicyclic amines) is 1. The SMILES string of the molecule is CC(C)=CCC/C(C)=C/CC/C(C)=C/CSC[C@H](NC(=O)CCCCCN1CCCC1)C(=O)NC1CCCC1. The van der Waals surface area contributed by atoms with Gasteiger partial charge in [-0.1, -0.05) is 54.2 Å². The van der Waals surface area contributed by atoms with Crippen molar-refractivity contribution in [3.05, 3.63) is 34.9 Å². The molecule has 1 heterocycles. The number of carbonyl (C=O) groups excluding carboxylic acids is 2. The topological polar surface area (TPSA) is 61.4 Å². The second-order valence-electron chi connectivity index (χ2n) is 12.0. The number of amides is 2. The zero-order chi connectivity index (χ0) is 28.3. The predicted octanol–water partition coefficient (Wildman–Crippen LogP) is 7.34. The van der Waals surface area contributed by atoms with E-state index >= 15 is 0 Å². The Hall–Kier alpha value is -1.53. The highest BCUT2D eigenvalue weighted by atomic mass is 32.2. The molecule has 1 saturated carbocycles. The quantitative estimate of drug-likeness (QED) is 0.128. The number of hydrogen-bond acceptors (Lipinski definition) is 4. The summed E-state index contributed by atoms with van der Waals surface area (Å²) in [6.45, 7) is 12.4. The van der Waals surface area contributed by atoms with E-state index in [9.17, 15) is 9.59 Å². The van der Waals surface area contributed by atoms with Crippen LogP contribution in [0.4, 0.5) is 0 Å². The second-order valence-corrected chi connectivity index (χ2v) is 13.0. The molecule has 0 aromatic rings. The van der Waals surface area contributed by atoms with Crippen molar-refractivity contribution in [2.24, 2.45) is 0 Å². The molecule has 0 aromatic carbocycles. The van der Waals surface area contributed by atoms with Crippen molar-refractivity contribution < 1.29 is 9.59 Å². The van der Waals surface area contributed by atoms with Gasteiger partial charge in [0.05, 0.1) is 0 Å². The molecular weight excluding hydrogens is 502 g/mol. The summed E-state index contributed by atoms with van der Waals surface area (Å²) < 4.78 is 0. The number of nitrogens with one attached hydrogen (secondary N) is 2. The number of allylic oxidation sites excluding steroid dienone is 5. The third-order valence-corrected chi connectivity index (χ3v) is 8.86. The molecule has 1 saturated heterocycles. The van der Waals surface area contributed by atoms with Crippen LogP contribution in [0.3, 0.4) is 0 Å². The van der Waals surface area contributed by atoms with E-state index in [2.05, 4.69) is 61.5 Å². The zero-order valence-electron chi connectivity index (χ0n) is 25.5. The largest absolute Gasteiger partial charge is 0.352 e. The Balaban J connectivity index is 1.71. The van der Waals surface area contributed by atoms with Gasteiger partial charge in [0.25, 0.3) is 0 Å². The fourth-order valence-electron chi connectivity index (χ4n) is 5.35. The Kier molecular flexibility index (Phi) is 17.6. The van der Waals surface area contributed by atoms with Crippen molar-refractivity contribution in [3.8, 4) is 0 Å². The van der Waals surface area contributed by atoms with Crippen LogP contribution >= 0.6 is 11.8 Å². The van der Waals surface area contributed by atoms with Gasteiger partial charge in [0.1, 0.15) is 6.04 Å². The summed E-state index contributed by atoms with van der Waals surface area (Å²) in [5, 5.41) is 6.27. The summed E-state index contributed by atoms with van der Waals surface area (Å²) in [7, 11) is 0. The van der Waals surface area contributed by atoms with E-state index in [0.29, 0.717) is 12.2 Å². The number of carbonyl (C=O) groups is 2. The van der Waals surface area contributed by atoms with Crippen LogP contribution in [0.1, 0.15) is 118 Å². The Labute approximate surface area is 244 Å². The molecule has 5 nitrogen and oxygen atoms in total. The average Bonchev–Trinajstić information content (AvgIpc) is 3.60. The van der Waals surface area contributed by atoms with Gasteiger partial charge >= 0.3 is 0 Å². The lowest BCUT2D eigenvalue weighted by Crippen LogP contribution is -2.50. The van der Waals surface area contributed by atoms with Crippen LogP contribution < -0.4 is 10.6 Å². The number of hydrogen-bond donors (Lipinski definition) is 2. The van der Waals surface area contributed by atoms with E-state index in [1.807, 2.05) is 0 Å². The summed E-state index contributed by atoms with van der Waals surface area (Å²) in [5.41, 5.74) is 4.24. The van der Waals surface area contributed by atoms with E-state index < -0.39 is 6.04 Å². The summed E-state index contributed by atoms with van der Waals surface area (Å²) in [4.78, 5) is 28.3. The lowest BCUT2D eigenvalue weighted by molar-refractivity contribution is -0.128. The molecule has 2 N–H and O–H groups in total. The van der Waals surface area contributed by atoms with Crippen molar-refractivity contribution in [2.75, 3.05) is 31.1 Å². The molecule has 6 heteroatoms. The molecule has 0 radical (unpaired) electrons. The number of unbranched alkanes of at least 4 members (excludes halogenated alkanes) is 2.